The lowest BCUT2D eigenvalue weighted by Gasteiger charge is -2.19. The lowest BCUT2D eigenvalue weighted by molar-refractivity contribution is -0.143. The summed E-state index contributed by atoms with van der Waals surface area (Å²) >= 11 is 0. The zero-order valence-electron chi connectivity index (χ0n) is 19.0. The highest BCUT2D eigenvalue weighted by atomic mass is 16.5. The quantitative estimate of drug-likeness (QED) is 0.226. The monoisotopic (exact) mass is 388 g/mol. The number of benzene rings is 1. The smallest absolute Gasteiger partial charge is 0.306 e. The highest BCUT2D eigenvalue weighted by Crippen LogP contribution is 2.23. The van der Waals surface area contributed by atoms with E-state index in [0.717, 1.165) is 12.8 Å². The third-order valence-electron chi connectivity index (χ3n) is 5.42. The molecule has 0 aliphatic carbocycles. The zero-order chi connectivity index (χ0) is 20.7. The molecule has 0 aliphatic heterocycles. The molecule has 0 aromatic heterocycles. The molecule has 2 heteroatoms. The van der Waals surface area contributed by atoms with Crippen LogP contribution in [0.1, 0.15) is 116 Å². The highest BCUT2D eigenvalue weighted by Gasteiger charge is 2.14. The Kier molecular flexibility index (Phi) is 12.9. The summed E-state index contributed by atoms with van der Waals surface area (Å²) in [6.07, 6.45) is 15.7. The summed E-state index contributed by atoms with van der Waals surface area (Å²) in [5.74, 6) is -0.0618. The minimum Gasteiger partial charge on any atom is -0.466 e. The van der Waals surface area contributed by atoms with Crippen LogP contribution in [0.15, 0.2) is 24.3 Å². The van der Waals surface area contributed by atoms with E-state index in [1.165, 1.54) is 75.3 Å². The average molecular weight is 389 g/mol. The summed E-state index contributed by atoms with van der Waals surface area (Å²) in [5.41, 5.74) is 2.68. The molecule has 0 unspecified atom stereocenters. The summed E-state index contributed by atoms with van der Waals surface area (Å²) in [4.78, 5) is 12.0. The van der Waals surface area contributed by atoms with Crippen molar-refractivity contribution < 1.29 is 9.53 Å². The number of hydrogen-bond acceptors (Lipinski definition) is 2. The molecule has 2 nitrogen and oxygen atoms in total. The Labute approximate surface area is 174 Å². The van der Waals surface area contributed by atoms with E-state index in [4.69, 9.17) is 4.74 Å². The number of ether oxygens (including phenoxy) is 1. The van der Waals surface area contributed by atoms with Crippen molar-refractivity contribution in [3.63, 3.8) is 0 Å². The van der Waals surface area contributed by atoms with Crippen molar-refractivity contribution in [3.8, 4) is 0 Å². The first-order valence-electron chi connectivity index (χ1n) is 11.7. The molecule has 0 spiro atoms. The molecule has 28 heavy (non-hydrogen) atoms. The van der Waals surface area contributed by atoms with Gasteiger partial charge in [0.15, 0.2) is 0 Å². The van der Waals surface area contributed by atoms with Crippen LogP contribution in [0.2, 0.25) is 0 Å². The second-order valence-corrected chi connectivity index (χ2v) is 9.21. The summed E-state index contributed by atoms with van der Waals surface area (Å²) < 4.78 is 5.40. The fraction of sp³-hybridized carbons (Fsp3) is 0.731. The lowest BCUT2D eigenvalue weighted by Crippen LogP contribution is -2.12. The molecule has 0 N–H and O–H groups in total. The van der Waals surface area contributed by atoms with E-state index in [2.05, 4.69) is 52.0 Å². The summed E-state index contributed by atoms with van der Waals surface area (Å²) in [5, 5.41) is 0. The molecule has 1 aromatic carbocycles. The number of hydrogen-bond donors (Lipinski definition) is 0. The van der Waals surface area contributed by atoms with E-state index >= 15 is 0 Å². The van der Waals surface area contributed by atoms with E-state index in [1.54, 1.807) is 0 Å². The van der Waals surface area contributed by atoms with E-state index < -0.39 is 0 Å². The normalized spacial score (nSPS) is 11.6. The number of carbonyl (C=O) groups is 1. The van der Waals surface area contributed by atoms with Crippen molar-refractivity contribution in [3.05, 3.63) is 35.4 Å². The van der Waals surface area contributed by atoms with Crippen molar-refractivity contribution in [1.82, 2.24) is 0 Å². The first kappa shape index (κ1) is 24.7. The summed E-state index contributed by atoms with van der Waals surface area (Å²) in [6.45, 7) is 9.50. The molecule has 0 radical (unpaired) electrons. The first-order chi connectivity index (χ1) is 13.4. The Hall–Kier alpha value is -1.31. The van der Waals surface area contributed by atoms with Gasteiger partial charge in [-0.25, -0.2) is 0 Å². The molecule has 0 amide bonds. The number of rotatable bonds is 15. The van der Waals surface area contributed by atoms with Gasteiger partial charge in [-0.2, -0.15) is 0 Å². The minimum absolute atomic E-state index is 0.0618. The molecule has 0 saturated carbocycles. The van der Waals surface area contributed by atoms with E-state index in [1.807, 2.05) is 0 Å². The average Bonchev–Trinajstić information content (AvgIpc) is 2.67. The van der Waals surface area contributed by atoms with Gasteiger partial charge >= 0.3 is 5.97 Å². The predicted octanol–water partition coefficient (Wildman–Crippen LogP) is 7.77. The topological polar surface area (TPSA) is 26.3 Å². The molecule has 0 saturated heterocycles. The molecular formula is C26H44O2. The van der Waals surface area contributed by atoms with Gasteiger partial charge in [-0.05, 0) is 29.4 Å². The maximum absolute atomic E-state index is 12.0. The number of esters is 1. The molecule has 0 atom stereocenters. The maximum atomic E-state index is 12.0. The Balaban J connectivity index is 2.00. The molecule has 1 rings (SSSR count). The fourth-order valence-electron chi connectivity index (χ4n) is 3.46. The maximum Gasteiger partial charge on any atom is 0.306 e. The van der Waals surface area contributed by atoms with Gasteiger partial charge < -0.3 is 4.74 Å². The number of aryl methyl sites for hydroxylation is 1. The van der Waals surface area contributed by atoms with Gasteiger partial charge in [0.25, 0.3) is 0 Å². The second-order valence-electron chi connectivity index (χ2n) is 9.21. The second kappa shape index (κ2) is 14.7. The van der Waals surface area contributed by atoms with Gasteiger partial charge in [-0.15, -0.1) is 0 Å². The molecular weight excluding hydrogens is 344 g/mol. The van der Waals surface area contributed by atoms with Crippen LogP contribution >= 0.6 is 0 Å². The molecule has 0 heterocycles. The van der Waals surface area contributed by atoms with Crippen molar-refractivity contribution in [2.75, 3.05) is 6.61 Å². The third kappa shape index (κ3) is 12.2. The van der Waals surface area contributed by atoms with E-state index in [0.29, 0.717) is 13.0 Å². The fourth-order valence-corrected chi connectivity index (χ4v) is 3.46. The van der Waals surface area contributed by atoms with Crippen molar-refractivity contribution in [2.24, 2.45) is 0 Å². The Morgan fingerprint density at radius 2 is 1.43 bits per heavy atom. The largest absolute Gasteiger partial charge is 0.466 e. The van der Waals surface area contributed by atoms with Gasteiger partial charge in [-0.1, -0.05) is 116 Å². The number of unbranched alkanes of at least 4 members (excludes halogenated alkanes) is 10. The Morgan fingerprint density at radius 1 is 0.857 bits per heavy atom. The van der Waals surface area contributed by atoms with E-state index in [-0.39, 0.29) is 11.4 Å². The summed E-state index contributed by atoms with van der Waals surface area (Å²) in [6, 6.07) is 8.57. The van der Waals surface area contributed by atoms with Gasteiger partial charge in [0.2, 0.25) is 0 Å². The van der Waals surface area contributed by atoms with Crippen molar-refractivity contribution in [1.29, 1.82) is 0 Å². The molecule has 160 valence electrons. The Morgan fingerprint density at radius 3 is 2.00 bits per heavy atom. The number of carbonyl (C=O) groups excluding carboxylic acids is 1. The Bertz CT molecular complexity index is 527. The van der Waals surface area contributed by atoms with Crippen LogP contribution in [0.5, 0.6) is 0 Å². The van der Waals surface area contributed by atoms with Gasteiger partial charge in [0, 0.05) is 6.42 Å². The zero-order valence-corrected chi connectivity index (χ0v) is 19.0. The molecule has 0 fully saturated rings. The van der Waals surface area contributed by atoms with Crippen molar-refractivity contribution >= 4 is 5.97 Å². The van der Waals surface area contributed by atoms with Gasteiger partial charge in [0.05, 0.1) is 6.61 Å². The van der Waals surface area contributed by atoms with Crippen LogP contribution in [0.4, 0.5) is 0 Å². The molecule has 1 aromatic rings. The van der Waals surface area contributed by atoms with Crippen LogP contribution in [-0.4, -0.2) is 12.6 Å². The van der Waals surface area contributed by atoms with Crippen LogP contribution in [0.25, 0.3) is 0 Å². The lowest BCUT2D eigenvalue weighted by atomic mass is 9.86. The van der Waals surface area contributed by atoms with Crippen LogP contribution in [0, 0.1) is 0 Å². The first-order valence-corrected chi connectivity index (χ1v) is 11.7. The van der Waals surface area contributed by atoms with Crippen LogP contribution in [-0.2, 0) is 21.4 Å². The molecule has 0 bridgehead atoms. The van der Waals surface area contributed by atoms with Crippen LogP contribution in [0.3, 0.4) is 0 Å². The van der Waals surface area contributed by atoms with Gasteiger partial charge in [0.1, 0.15) is 0 Å². The highest BCUT2D eigenvalue weighted by molar-refractivity contribution is 5.69. The SMILES string of the molecule is CCCCCCCCCCCCCOC(=O)CCc1cccc(C(C)(C)C)c1. The minimum atomic E-state index is -0.0618. The standard InChI is InChI=1S/C26H44O2/c1-5-6-7-8-9-10-11-12-13-14-15-21-28-25(27)20-19-23-17-16-18-24(22-23)26(2,3)4/h16-18,22H,5-15,19-21H2,1-4H3. The van der Waals surface area contributed by atoms with Crippen LogP contribution < -0.4 is 0 Å². The van der Waals surface area contributed by atoms with Crippen molar-refractivity contribution in [2.45, 2.75) is 117 Å². The molecule has 0 aliphatic rings. The summed E-state index contributed by atoms with van der Waals surface area (Å²) in [7, 11) is 0. The third-order valence-corrected chi connectivity index (χ3v) is 5.42. The van der Waals surface area contributed by atoms with Gasteiger partial charge in [-0.3, -0.25) is 4.79 Å². The predicted molar refractivity (Wildman–Crippen MR) is 121 cm³/mol. The van der Waals surface area contributed by atoms with E-state index in [9.17, 15) is 4.79 Å².